The molecule has 0 radical (unpaired) electrons. The second-order valence-corrected chi connectivity index (χ2v) is 8.43. The molecule has 0 amide bonds. The number of hydrogen-bond acceptors (Lipinski definition) is 6. The van der Waals surface area contributed by atoms with E-state index in [1.807, 2.05) is 18.6 Å². The van der Waals surface area contributed by atoms with Crippen LogP contribution in [-0.2, 0) is 13.0 Å². The third-order valence-corrected chi connectivity index (χ3v) is 6.05. The van der Waals surface area contributed by atoms with Gasteiger partial charge in [0.1, 0.15) is 5.75 Å². The van der Waals surface area contributed by atoms with Crippen molar-refractivity contribution in [3.8, 4) is 5.75 Å². The molecular weight excluding hydrogens is 368 g/mol. The molecule has 1 aromatic carbocycles. The van der Waals surface area contributed by atoms with Gasteiger partial charge >= 0.3 is 0 Å². The number of hydrogen-bond donors (Lipinski definition) is 0. The number of rotatable bonds is 9. The van der Waals surface area contributed by atoms with E-state index in [-0.39, 0.29) is 0 Å². The van der Waals surface area contributed by atoms with Crippen molar-refractivity contribution < 1.29 is 4.74 Å². The summed E-state index contributed by atoms with van der Waals surface area (Å²) < 4.78 is 5.23. The predicted molar refractivity (Wildman–Crippen MR) is 116 cm³/mol. The second-order valence-electron chi connectivity index (χ2n) is 7.66. The number of ether oxygens (including phenoxy) is 1. The zero-order chi connectivity index (χ0) is 19.8. The largest absolute Gasteiger partial charge is 0.497 e. The molecule has 0 N–H and O–H groups in total. The SMILES string of the molecule is COc1ccc(CCN2CCC(CN(C)Cc3cnc(SC)nc3)CC2)cc1. The van der Waals surface area contributed by atoms with Crippen LogP contribution < -0.4 is 4.74 Å². The van der Waals surface area contributed by atoms with Gasteiger partial charge in [0, 0.05) is 37.6 Å². The van der Waals surface area contributed by atoms with Crippen molar-refractivity contribution in [2.75, 3.05) is 46.6 Å². The lowest BCUT2D eigenvalue weighted by molar-refractivity contribution is 0.153. The minimum absolute atomic E-state index is 0.786. The number of aromatic nitrogens is 2. The quantitative estimate of drug-likeness (QED) is 0.473. The molecular formula is C22H32N4OS. The summed E-state index contributed by atoms with van der Waals surface area (Å²) >= 11 is 1.58. The van der Waals surface area contributed by atoms with E-state index in [0.717, 1.165) is 42.9 Å². The summed E-state index contributed by atoms with van der Waals surface area (Å²) in [5.74, 6) is 1.72. The van der Waals surface area contributed by atoms with Crippen LogP contribution in [0.5, 0.6) is 5.75 Å². The van der Waals surface area contributed by atoms with Gasteiger partial charge in [-0.15, -0.1) is 0 Å². The fourth-order valence-electron chi connectivity index (χ4n) is 3.82. The standard InChI is InChI=1S/C22H32N4OS/c1-25(17-20-14-23-22(28-3)24-15-20)16-19-9-12-26(13-10-19)11-8-18-4-6-21(27-2)7-5-18/h4-7,14-15,19H,8-13,16-17H2,1-3H3. The first-order valence-electron chi connectivity index (χ1n) is 10.0. The van der Waals surface area contributed by atoms with Crippen molar-refractivity contribution in [2.24, 2.45) is 5.92 Å². The fourth-order valence-corrected chi connectivity index (χ4v) is 4.14. The summed E-state index contributed by atoms with van der Waals surface area (Å²) in [6.45, 7) is 5.64. The van der Waals surface area contributed by atoms with E-state index >= 15 is 0 Å². The Balaban J connectivity index is 1.35. The van der Waals surface area contributed by atoms with E-state index in [0.29, 0.717) is 0 Å². The Morgan fingerprint density at radius 1 is 1.11 bits per heavy atom. The van der Waals surface area contributed by atoms with E-state index in [1.165, 1.54) is 37.1 Å². The van der Waals surface area contributed by atoms with Crippen LogP contribution in [0.1, 0.15) is 24.0 Å². The van der Waals surface area contributed by atoms with Crippen LogP contribution in [0.15, 0.2) is 41.8 Å². The molecule has 1 saturated heterocycles. The van der Waals surface area contributed by atoms with E-state index in [9.17, 15) is 0 Å². The number of likely N-dealkylation sites (tertiary alicyclic amines) is 1. The van der Waals surface area contributed by atoms with Gasteiger partial charge in [-0.05, 0) is 69.3 Å². The average Bonchev–Trinajstić information content (AvgIpc) is 2.74. The number of methoxy groups -OCH3 is 1. The minimum Gasteiger partial charge on any atom is -0.497 e. The Morgan fingerprint density at radius 3 is 2.39 bits per heavy atom. The first-order chi connectivity index (χ1) is 13.7. The molecule has 152 valence electrons. The average molecular weight is 401 g/mol. The Hall–Kier alpha value is -1.63. The lowest BCUT2D eigenvalue weighted by atomic mass is 9.96. The van der Waals surface area contributed by atoms with Gasteiger partial charge in [0.2, 0.25) is 0 Å². The monoisotopic (exact) mass is 400 g/mol. The van der Waals surface area contributed by atoms with Crippen molar-refractivity contribution in [3.05, 3.63) is 47.8 Å². The van der Waals surface area contributed by atoms with E-state index in [2.05, 4.69) is 51.1 Å². The molecule has 3 rings (SSSR count). The van der Waals surface area contributed by atoms with Crippen molar-refractivity contribution in [2.45, 2.75) is 31.0 Å². The highest BCUT2D eigenvalue weighted by molar-refractivity contribution is 7.98. The maximum absolute atomic E-state index is 5.23. The van der Waals surface area contributed by atoms with Gasteiger partial charge in [0.15, 0.2) is 5.16 Å². The highest BCUT2D eigenvalue weighted by Crippen LogP contribution is 2.20. The van der Waals surface area contributed by atoms with Crippen molar-refractivity contribution in [1.82, 2.24) is 19.8 Å². The maximum atomic E-state index is 5.23. The molecule has 0 unspecified atom stereocenters. The predicted octanol–water partition coefficient (Wildman–Crippen LogP) is 3.59. The zero-order valence-electron chi connectivity index (χ0n) is 17.3. The first-order valence-corrected chi connectivity index (χ1v) is 11.3. The fraction of sp³-hybridized carbons (Fsp3) is 0.545. The van der Waals surface area contributed by atoms with Gasteiger partial charge in [-0.25, -0.2) is 9.97 Å². The van der Waals surface area contributed by atoms with Gasteiger partial charge in [0.25, 0.3) is 0 Å². The van der Waals surface area contributed by atoms with Gasteiger partial charge in [-0.3, -0.25) is 0 Å². The van der Waals surface area contributed by atoms with E-state index in [4.69, 9.17) is 4.74 Å². The molecule has 2 heterocycles. The molecule has 2 aromatic rings. The summed E-state index contributed by atoms with van der Waals surface area (Å²) in [7, 11) is 3.92. The van der Waals surface area contributed by atoms with Gasteiger partial charge in [0.05, 0.1) is 7.11 Å². The van der Waals surface area contributed by atoms with Crippen molar-refractivity contribution in [1.29, 1.82) is 0 Å². The van der Waals surface area contributed by atoms with E-state index < -0.39 is 0 Å². The maximum Gasteiger partial charge on any atom is 0.187 e. The molecule has 0 aliphatic carbocycles. The van der Waals surface area contributed by atoms with Crippen LogP contribution in [0.25, 0.3) is 0 Å². The Morgan fingerprint density at radius 2 is 1.79 bits per heavy atom. The molecule has 0 atom stereocenters. The first kappa shape index (κ1) is 21.1. The summed E-state index contributed by atoms with van der Waals surface area (Å²) in [5.41, 5.74) is 2.58. The Kier molecular flexibility index (Phi) is 8.13. The smallest absolute Gasteiger partial charge is 0.187 e. The van der Waals surface area contributed by atoms with Crippen LogP contribution in [0.2, 0.25) is 0 Å². The van der Waals surface area contributed by atoms with Crippen LogP contribution >= 0.6 is 11.8 Å². The molecule has 28 heavy (non-hydrogen) atoms. The molecule has 0 bridgehead atoms. The Bertz CT molecular complexity index is 699. The summed E-state index contributed by atoms with van der Waals surface area (Å²) in [5, 5.41) is 0.841. The van der Waals surface area contributed by atoms with E-state index in [1.54, 1.807) is 18.9 Å². The van der Waals surface area contributed by atoms with Crippen molar-refractivity contribution >= 4 is 11.8 Å². The molecule has 5 nitrogen and oxygen atoms in total. The highest BCUT2D eigenvalue weighted by Gasteiger charge is 2.20. The summed E-state index contributed by atoms with van der Waals surface area (Å²) in [6.07, 6.45) is 9.60. The van der Waals surface area contributed by atoms with Crippen molar-refractivity contribution in [3.63, 3.8) is 0 Å². The van der Waals surface area contributed by atoms with Gasteiger partial charge in [-0.2, -0.15) is 0 Å². The summed E-state index contributed by atoms with van der Waals surface area (Å²) in [4.78, 5) is 13.8. The third kappa shape index (κ3) is 6.47. The lowest BCUT2D eigenvalue weighted by Crippen LogP contribution is -2.38. The number of nitrogens with zero attached hydrogens (tertiary/aromatic N) is 4. The molecule has 0 saturated carbocycles. The van der Waals surface area contributed by atoms with Crippen LogP contribution in [0, 0.1) is 5.92 Å². The summed E-state index contributed by atoms with van der Waals surface area (Å²) in [6, 6.07) is 8.46. The van der Waals surface area contributed by atoms with Crippen LogP contribution in [-0.4, -0.2) is 66.4 Å². The van der Waals surface area contributed by atoms with Crippen LogP contribution in [0.4, 0.5) is 0 Å². The zero-order valence-corrected chi connectivity index (χ0v) is 18.1. The van der Waals surface area contributed by atoms with Gasteiger partial charge in [-0.1, -0.05) is 23.9 Å². The van der Waals surface area contributed by atoms with Gasteiger partial charge < -0.3 is 14.5 Å². The molecule has 1 aliphatic heterocycles. The number of benzene rings is 1. The minimum atomic E-state index is 0.786. The number of thioether (sulfide) groups is 1. The number of piperidine rings is 1. The molecule has 1 aromatic heterocycles. The lowest BCUT2D eigenvalue weighted by Gasteiger charge is -2.34. The Labute approximate surface area is 173 Å². The molecule has 0 spiro atoms. The molecule has 1 aliphatic rings. The normalized spacial score (nSPS) is 15.9. The highest BCUT2D eigenvalue weighted by atomic mass is 32.2. The van der Waals surface area contributed by atoms with Crippen LogP contribution in [0.3, 0.4) is 0 Å². The third-order valence-electron chi connectivity index (χ3n) is 5.47. The second kappa shape index (κ2) is 10.8. The topological polar surface area (TPSA) is 41.5 Å². The molecule has 1 fully saturated rings. The molecule has 6 heteroatoms.